The van der Waals surface area contributed by atoms with E-state index in [0.717, 1.165) is 24.1 Å². The molecule has 0 radical (unpaired) electrons. The largest absolute Gasteiger partial charge is 0.322 e. The molecule has 1 fully saturated rings. The number of halogens is 1. The number of hydrogen-bond acceptors (Lipinski definition) is 5. The normalized spacial score (nSPS) is 23.0. The van der Waals surface area contributed by atoms with E-state index in [2.05, 4.69) is 16.2 Å². The van der Waals surface area contributed by atoms with Crippen LogP contribution in [0.4, 0.5) is 4.39 Å². The maximum Gasteiger partial charge on any atom is 0.273 e. The maximum absolute atomic E-state index is 13.3. The lowest BCUT2D eigenvalue weighted by Crippen LogP contribution is -2.32. The summed E-state index contributed by atoms with van der Waals surface area (Å²) in [6.07, 6.45) is 9.78. The average Bonchev–Trinajstić information content (AvgIpc) is 3.32. The van der Waals surface area contributed by atoms with E-state index in [0.29, 0.717) is 24.7 Å². The molecule has 2 heterocycles. The van der Waals surface area contributed by atoms with Gasteiger partial charge in [-0.25, -0.2) is 9.82 Å². The fraction of sp³-hybridized carbons (Fsp3) is 0.450. The summed E-state index contributed by atoms with van der Waals surface area (Å²) >= 11 is 0. The zero-order chi connectivity index (χ0) is 18.6. The molecule has 4 rings (SSSR count). The third-order valence-electron chi connectivity index (χ3n) is 5.30. The number of hydrogen-bond donors (Lipinski definition) is 3. The van der Waals surface area contributed by atoms with E-state index in [1.807, 2.05) is 23.4 Å². The minimum atomic E-state index is -0.254. The van der Waals surface area contributed by atoms with Gasteiger partial charge in [0.15, 0.2) is 0 Å². The fourth-order valence-electron chi connectivity index (χ4n) is 3.87. The Hall–Kier alpha value is -2.38. The molecule has 7 heteroatoms. The minimum absolute atomic E-state index is 0.0220. The van der Waals surface area contributed by atoms with Gasteiger partial charge in [-0.1, -0.05) is 31.4 Å². The number of nitrogens with one attached hydrogen (secondary N) is 3. The molecule has 0 spiro atoms. The number of hydroxylamine groups is 1. The van der Waals surface area contributed by atoms with E-state index in [1.54, 1.807) is 6.07 Å². The number of carbonyl (C=O) groups is 1. The highest BCUT2D eigenvalue weighted by molar-refractivity contribution is 5.94. The molecule has 1 atom stereocenters. The van der Waals surface area contributed by atoms with Crippen molar-refractivity contribution >= 4 is 5.91 Å². The predicted molar refractivity (Wildman–Crippen MR) is 98.8 cm³/mol. The van der Waals surface area contributed by atoms with Gasteiger partial charge in [0.2, 0.25) is 0 Å². The van der Waals surface area contributed by atoms with E-state index in [1.165, 1.54) is 31.4 Å². The van der Waals surface area contributed by atoms with E-state index >= 15 is 0 Å². The van der Waals surface area contributed by atoms with Gasteiger partial charge in [0.25, 0.3) is 5.91 Å². The van der Waals surface area contributed by atoms with Crippen molar-refractivity contribution in [3.8, 4) is 0 Å². The van der Waals surface area contributed by atoms with E-state index in [-0.39, 0.29) is 17.8 Å². The summed E-state index contributed by atoms with van der Waals surface area (Å²) in [4.78, 5) is 18.1. The Balaban J connectivity index is 1.31. The Labute approximate surface area is 158 Å². The number of amides is 1. The van der Waals surface area contributed by atoms with Crippen molar-refractivity contribution in [1.82, 2.24) is 21.2 Å². The monoisotopic (exact) mass is 372 g/mol. The van der Waals surface area contributed by atoms with Crippen molar-refractivity contribution < 1.29 is 14.0 Å². The molecule has 144 valence electrons. The smallest absolute Gasteiger partial charge is 0.273 e. The van der Waals surface area contributed by atoms with Gasteiger partial charge in [-0.15, -0.1) is 0 Å². The van der Waals surface area contributed by atoms with E-state index in [4.69, 9.17) is 4.84 Å². The van der Waals surface area contributed by atoms with Crippen LogP contribution < -0.4 is 16.2 Å². The molecule has 1 aliphatic carbocycles. The Kier molecular flexibility index (Phi) is 5.40. The number of carbonyl (C=O) groups excluding carboxylic acids is 1. The summed E-state index contributed by atoms with van der Waals surface area (Å²) in [5.74, 6) is 0.0376. The fourth-order valence-corrected chi connectivity index (χ4v) is 3.87. The number of nitrogens with zero attached hydrogens (tertiary/aromatic N) is 1. The summed E-state index contributed by atoms with van der Waals surface area (Å²) < 4.78 is 13.3. The van der Waals surface area contributed by atoms with Crippen molar-refractivity contribution in [2.75, 3.05) is 6.54 Å². The first-order valence-electron chi connectivity index (χ1n) is 9.57. The van der Waals surface area contributed by atoms with E-state index in [9.17, 15) is 9.18 Å². The van der Waals surface area contributed by atoms with Crippen LogP contribution in [0.3, 0.4) is 0 Å². The number of rotatable bonds is 5. The lowest BCUT2D eigenvalue weighted by Gasteiger charge is -2.24. The zero-order valence-electron chi connectivity index (χ0n) is 15.2. The van der Waals surface area contributed by atoms with Gasteiger partial charge < -0.3 is 10.3 Å². The number of hydrazine groups is 1. The molecule has 0 saturated heterocycles. The van der Waals surface area contributed by atoms with Crippen LogP contribution >= 0.6 is 0 Å². The summed E-state index contributed by atoms with van der Waals surface area (Å²) in [5, 5.41) is 4.74. The summed E-state index contributed by atoms with van der Waals surface area (Å²) in [6, 6.07) is 6.48. The van der Waals surface area contributed by atoms with Crippen LogP contribution in [-0.2, 0) is 16.2 Å². The quantitative estimate of drug-likeness (QED) is 0.741. The Bertz CT molecular complexity index is 758. The van der Waals surface area contributed by atoms with Gasteiger partial charge in [-0.2, -0.15) is 0 Å². The summed E-state index contributed by atoms with van der Waals surface area (Å²) in [6.45, 7) is 1.03. The maximum atomic E-state index is 13.3. The highest BCUT2D eigenvalue weighted by Crippen LogP contribution is 2.30. The van der Waals surface area contributed by atoms with E-state index < -0.39 is 0 Å². The van der Waals surface area contributed by atoms with Crippen LogP contribution in [0.5, 0.6) is 0 Å². The Morgan fingerprint density at radius 3 is 2.96 bits per heavy atom. The van der Waals surface area contributed by atoms with Gasteiger partial charge >= 0.3 is 0 Å². The van der Waals surface area contributed by atoms with Crippen molar-refractivity contribution in [2.45, 2.75) is 44.8 Å². The zero-order valence-corrected chi connectivity index (χ0v) is 15.2. The van der Waals surface area contributed by atoms with Crippen LogP contribution in [0.15, 0.2) is 47.9 Å². The molecule has 1 aromatic carbocycles. The van der Waals surface area contributed by atoms with Crippen LogP contribution in [0.25, 0.3) is 0 Å². The Morgan fingerprint density at radius 1 is 1.30 bits per heavy atom. The second kappa shape index (κ2) is 8.10. The minimum Gasteiger partial charge on any atom is -0.322 e. The first-order valence-corrected chi connectivity index (χ1v) is 9.57. The lowest BCUT2D eigenvalue weighted by atomic mass is 9.85. The highest BCUT2D eigenvalue weighted by atomic mass is 19.1. The molecule has 0 bridgehead atoms. The highest BCUT2D eigenvalue weighted by Gasteiger charge is 2.30. The number of benzene rings is 1. The van der Waals surface area contributed by atoms with Crippen molar-refractivity contribution in [2.24, 2.45) is 5.92 Å². The van der Waals surface area contributed by atoms with Gasteiger partial charge in [-0.3, -0.25) is 15.1 Å². The summed E-state index contributed by atoms with van der Waals surface area (Å²) in [7, 11) is 0. The van der Waals surface area contributed by atoms with Crippen LogP contribution in [0, 0.1) is 11.7 Å². The molecule has 3 aliphatic rings. The molecule has 2 aliphatic heterocycles. The lowest BCUT2D eigenvalue weighted by molar-refractivity contribution is -0.118. The third-order valence-corrected chi connectivity index (χ3v) is 5.30. The summed E-state index contributed by atoms with van der Waals surface area (Å²) in [5.41, 5.74) is 8.03. The van der Waals surface area contributed by atoms with Crippen molar-refractivity contribution in [3.63, 3.8) is 0 Å². The van der Waals surface area contributed by atoms with Gasteiger partial charge in [-0.05, 0) is 42.5 Å². The Morgan fingerprint density at radius 2 is 2.15 bits per heavy atom. The topological polar surface area (TPSA) is 65.6 Å². The molecule has 0 aromatic heterocycles. The molecule has 6 nitrogen and oxygen atoms in total. The van der Waals surface area contributed by atoms with Gasteiger partial charge in [0.1, 0.15) is 17.6 Å². The molecule has 1 aromatic rings. The standard InChI is InChI=1S/C20H25FN4O2/c21-16-8-4-5-14(9-16)12-25-13-17(11-22-25)23-20(26)18-10-19(27-24-18)15-6-2-1-3-7-15/h4-5,8-10,13,15,19,22,24H,1-3,6-7,11-12H2,(H,23,26). The van der Waals surface area contributed by atoms with Crippen molar-refractivity contribution in [1.29, 1.82) is 0 Å². The third kappa shape index (κ3) is 4.48. The SMILES string of the molecule is O=C(NC1=CN(Cc2cccc(F)c2)NC1)C1=CC(C2CCCCC2)ON1. The molecule has 1 saturated carbocycles. The molecule has 3 N–H and O–H groups in total. The molecule has 1 unspecified atom stereocenters. The second-order valence-electron chi connectivity index (χ2n) is 7.36. The first-order chi connectivity index (χ1) is 13.2. The van der Waals surface area contributed by atoms with Gasteiger partial charge in [0.05, 0.1) is 18.8 Å². The van der Waals surface area contributed by atoms with Gasteiger partial charge in [0, 0.05) is 6.20 Å². The molecule has 1 amide bonds. The van der Waals surface area contributed by atoms with Crippen LogP contribution in [-0.4, -0.2) is 23.6 Å². The molecule has 27 heavy (non-hydrogen) atoms. The van der Waals surface area contributed by atoms with Crippen LogP contribution in [0.1, 0.15) is 37.7 Å². The van der Waals surface area contributed by atoms with Crippen molar-refractivity contribution in [3.05, 3.63) is 59.3 Å². The predicted octanol–water partition coefficient (Wildman–Crippen LogP) is 2.47. The first kappa shape index (κ1) is 18.0. The molecular formula is C20H25FN4O2. The second-order valence-corrected chi connectivity index (χ2v) is 7.36. The van der Waals surface area contributed by atoms with Crippen LogP contribution in [0.2, 0.25) is 0 Å². The average molecular weight is 372 g/mol. The molecular weight excluding hydrogens is 347 g/mol.